The number of benzene rings is 3. The lowest BCUT2D eigenvalue weighted by molar-refractivity contribution is 0.0476. The minimum absolute atomic E-state index is 0.238. The zero-order chi connectivity index (χ0) is 18.6. The molecule has 0 aliphatic rings. The summed E-state index contributed by atoms with van der Waals surface area (Å²) < 4.78 is 5.32. The average molecular weight is 355 g/mol. The number of hydrogen-bond acceptors (Lipinski definition) is 3. The summed E-state index contributed by atoms with van der Waals surface area (Å²) >= 11 is 0. The van der Waals surface area contributed by atoms with Gasteiger partial charge in [0, 0.05) is 22.7 Å². The van der Waals surface area contributed by atoms with Crippen LogP contribution in [0.5, 0.6) is 0 Å². The molecule has 0 radical (unpaired) electrons. The van der Waals surface area contributed by atoms with Gasteiger partial charge in [0.1, 0.15) is 0 Å². The van der Waals surface area contributed by atoms with Crippen molar-refractivity contribution in [1.29, 1.82) is 0 Å². The molecule has 1 heterocycles. The largest absolute Gasteiger partial charge is 0.454 e. The molecule has 0 saturated heterocycles. The van der Waals surface area contributed by atoms with E-state index in [1.54, 1.807) is 18.3 Å². The molecule has 0 amide bonds. The summed E-state index contributed by atoms with van der Waals surface area (Å²) in [7, 11) is 0. The molecular formula is C23H17NO3. The lowest BCUT2D eigenvalue weighted by Crippen LogP contribution is -2.14. The first-order valence-corrected chi connectivity index (χ1v) is 8.65. The number of hydrogen-bond donors (Lipinski definition) is 1. The second kappa shape index (κ2) is 7.30. The molecule has 1 N–H and O–H groups in total. The summed E-state index contributed by atoms with van der Waals surface area (Å²) in [5.41, 5.74) is 3.54. The number of ether oxygens (including phenoxy) is 1. The summed E-state index contributed by atoms with van der Waals surface area (Å²) in [6, 6.07) is 24.4. The van der Waals surface area contributed by atoms with Crippen molar-refractivity contribution in [2.24, 2.45) is 0 Å². The van der Waals surface area contributed by atoms with E-state index in [1.165, 1.54) is 0 Å². The molecule has 0 atom stereocenters. The van der Waals surface area contributed by atoms with Gasteiger partial charge in [-0.1, -0.05) is 66.7 Å². The summed E-state index contributed by atoms with van der Waals surface area (Å²) in [5, 5.41) is 0.822. The van der Waals surface area contributed by atoms with Crippen molar-refractivity contribution >= 4 is 22.7 Å². The maximum absolute atomic E-state index is 12.6. The molecule has 4 aromatic rings. The normalized spacial score (nSPS) is 10.7. The highest BCUT2D eigenvalue weighted by Gasteiger charge is 2.17. The molecule has 0 saturated carbocycles. The number of carbonyl (C=O) groups is 2. The Morgan fingerprint density at radius 1 is 0.778 bits per heavy atom. The van der Waals surface area contributed by atoms with Gasteiger partial charge in [0.2, 0.25) is 5.78 Å². The fourth-order valence-electron chi connectivity index (χ4n) is 3.12. The predicted molar refractivity (Wildman–Crippen MR) is 105 cm³/mol. The first kappa shape index (κ1) is 16.8. The number of para-hydroxylation sites is 1. The third-order valence-electron chi connectivity index (χ3n) is 4.46. The molecule has 4 rings (SSSR count). The number of aromatic amines is 1. The number of rotatable bonds is 5. The molecule has 27 heavy (non-hydrogen) atoms. The van der Waals surface area contributed by atoms with Gasteiger partial charge in [-0.05, 0) is 23.3 Å². The number of carbonyl (C=O) groups excluding carboxylic acids is 2. The van der Waals surface area contributed by atoms with Crippen LogP contribution in [0.2, 0.25) is 0 Å². The van der Waals surface area contributed by atoms with Crippen molar-refractivity contribution in [3.63, 3.8) is 0 Å². The highest BCUT2D eigenvalue weighted by molar-refractivity contribution is 6.09. The van der Waals surface area contributed by atoms with Gasteiger partial charge in [0.15, 0.2) is 6.61 Å². The predicted octanol–water partition coefficient (Wildman–Crippen LogP) is 4.87. The van der Waals surface area contributed by atoms with E-state index in [-0.39, 0.29) is 12.4 Å². The van der Waals surface area contributed by atoms with Crippen LogP contribution in [0.4, 0.5) is 0 Å². The number of aromatic nitrogens is 1. The zero-order valence-corrected chi connectivity index (χ0v) is 14.5. The fraction of sp³-hybridized carbons (Fsp3) is 0.0435. The van der Waals surface area contributed by atoms with E-state index in [9.17, 15) is 9.59 Å². The number of H-pyrrole nitrogens is 1. The van der Waals surface area contributed by atoms with Crippen molar-refractivity contribution < 1.29 is 14.3 Å². The van der Waals surface area contributed by atoms with Crippen LogP contribution in [0.1, 0.15) is 20.7 Å². The van der Waals surface area contributed by atoms with Gasteiger partial charge in [0.05, 0.1) is 5.56 Å². The number of nitrogens with one attached hydrogen (secondary N) is 1. The number of Topliss-reactive ketones (excluding diaryl/α,β-unsaturated/α-hetero) is 1. The molecular weight excluding hydrogens is 338 g/mol. The third kappa shape index (κ3) is 3.37. The number of ketones is 1. The second-order valence-corrected chi connectivity index (χ2v) is 6.16. The SMILES string of the molecule is O=C(OCC(=O)c1c[nH]c2ccccc12)c1ccccc1-c1ccccc1. The maximum atomic E-state index is 12.6. The lowest BCUT2D eigenvalue weighted by Gasteiger charge is -2.09. The Kier molecular flexibility index (Phi) is 4.54. The monoisotopic (exact) mass is 355 g/mol. The minimum atomic E-state index is -0.511. The van der Waals surface area contributed by atoms with Crippen LogP contribution in [0.15, 0.2) is 85.1 Å². The van der Waals surface area contributed by atoms with Crippen molar-refractivity contribution in [3.05, 3.63) is 96.2 Å². The molecule has 4 heteroatoms. The van der Waals surface area contributed by atoms with E-state index in [4.69, 9.17) is 4.74 Å². The van der Waals surface area contributed by atoms with Crippen LogP contribution < -0.4 is 0 Å². The Labute approximate surface area is 156 Å². The quantitative estimate of drug-likeness (QED) is 0.410. The molecule has 0 fully saturated rings. The molecule has 0 unspecified atom stereocenters. The summed E-state index contributed by atoms with van der Waals surface area (Å²) in [6.45, 7) is -0.302. The van der Waals surface area contributed by atoms with Crippen molar-refractivity contribution in [2.45, 2.75) is 0 Å². The van der Waals surface area contributed by atoms with Gasteiger partial charge < -0.3 is 9.72 Å². The van der Waals surface area contributed by atoms with Crippen LogP contribution in [0.25, 0.3) is 22.0 Å². The molecule has 0 spiro atoms. The zero-order valence-electron chi connectivity index (χ0n) is 14.5. The van der Waals surface area contributed by atoms with E-state index in [0.29, 0.717) is 11.1 Å². The van der Waals surface area contributed by atoms with E-state index >= 15 is 0 Å². The number of esters is 1. The van der Waals surface area contributed by atoms with Crippen LogP contribution in [-0.4, -0.2) is 23.3 Å². The average Bonchev–Trinajstić information content (AvgIpc) is 3.17. The molecule has 0 aliphatic heterocycles. The molecule has 132 valence electrons. The maximum Gasteiger partial charge on any atom is 0.339 e. The van der Waals surface area contributed by atoms with E-state index < -0.39 is 5.97 Å². The second-order valence-electron chi connectivity index (χ2n) is 6.16. The van der Waals surface area contributed by atoms with Gasteiger partial charge in [-0.3, -0.25) is 4.79 Å². The Balaban J connectivity index is 1.53. The van der Waals surface area contributed by atoms with E-state index in [2.05, 4.69) is 4.98 Å². The highest BCUT2D eigenvalue weighted by atomic mass is 16.5. The van der Waals surface area contributed by atoms with Crippen LogP contribution in [0.3, 0.4) is 0 Å². The Bertz CT molecular complexity index is 1110. The minimum Gasteiger partial charge on any atom is -0.454 e. The Morgan fingerprint density at radius 3 is 2.33 bits per heavy atom. The van der Waals surface area contributed by atoms with Crippen LogP contribution >= 0.6 is 0 Å². The van der Waals surface area contributed by atoms with Gasteiger partial charge >= 0.3 is 5.97 Å². The third-order valence-corrected chi connectivity index (χ3v) is 4.46. The number of fused-ring (bicyclic) bond motifs is 1. The smallest absolute Gasteiger partial charge is 0.339 e. The first-order valence-electron chi connectivity index (χ1n) is 8.65. The van der Waals surface area contributed by atoms with Crippen molar-refractivity contribution in [2.75, 3.05) is 6.61 Å². The van der Waals surface area contributed by atoms with Crippen molar-refractivity contribution in [3.8, 4) is 11.1 Å². The summed E-state index contributed by atoms with van der Waals surface area (Å²) in [5.74, 6) is -0.749. The Hall–Kier alpha value is -3.66. The topological polar surface area (TPSA) is 59.2 Å². The van der Waals surface area contributed by atoms with E-state index in [1.807, 2.05) is 66.7 Å². The molecule has 1 aromatic heterocycles. The van der Waals surface area contributed by atoms with Crippen LogP contribution in [-0.2, 0) is 4.74 Å². The molecule has 0 bridgehead atoms. The van der Waals surface area contributed by atoms with Gasteiger partial charge in [0.25, 0.3) is 0 Å². The van der Waals surface area contributed by atoms with Crippen LogP contribution in [0, 0.1) is 0 Å². The fourth-order valence-corrected chi connectivity index (χ4v) is 3.12. The highest BCUT2D eigenvalue weighted by Crippen LogP contribution is 2.24. The molecule has 4 nitrogen and oxygen atoms in total. The lowest BCUT2D eigenvalue weighted by atomic mass is 10.00. The summed E-state index contributed by atoms with van der Waals surface area (Å²) in [4.78, 5) is 28.2. The summed E-state index contributed by atoms with van der Waals surface area (Å²) in [6.07, 6.45) is 1.65. The van der Waals surface area contributed by atoms with Gasteiger partial charge in [-0.2, -0.15) is 0 Å². The molecule has 3 aromatic carbocycles. The van der Waals surface area contributed by atoms with Gasteiger partial charge in [-0.25, -0.2) is 4.79 Å². The molecule has 0 aliphatic carbocycles. The Morgan fingerprint density at radius 2 is 1.48 bits per heavy atom. The standard InChI is InChI=1S/C23H17NO3/c25-22(20-14-24-21-13-7-6-11-18(20)21)15-27-23(26)19-12-5-4-10-17(19)16-8-2-1-3-9-16/h1-14,24H,15H2. The van der Waals surface area contributed by atoms with Gasteiger partial charge in [-0.15, -0.1) is 0 Å². The first-order chi connectivity index (χ1) is 13.2. The van der Waals surface area contributed by atoms with E-state index in [0.717, 1.165) is 22.0 Å². The van der Waals surface area contributed by atoms with Crippen molar-refractivity contribution in [1.82, 2.24) is 4.98 Å².